The Morgan fingerprint density at radius 3 is 2.46 bits per heavy atom. The zero-order valence-electron chi connectivity index (χ0n) is 19.6. The van der Waals surface area contributed by atoms with E-state index in [1.165, 1.54) is 36.6 Å². The molecule has 5 rings (SSSR count). The smallest absolute Gasteiger partial charge is 0.234 e. The van der Waals surface area contributed by atoms with Gasteiger partial charge >= 0.3 is 0 Å². The number of nitrogens with one attached hydrogen (secondary N) is 1. The van der Waals surface area contributed by atoms with E-state index in [2.05, 4.69) is 30.4 Å². The molecule has 0 unspecified atom stereocenters. The second-order valence-electron chi connectivity index (χ2n) is 8.50. The van der Waals surface area contributed by atoms with Crippen LogP contribution in [-0.2, 0) is 4.79 Å². The van der Waals surface area contributed by atoms with E-state index in [9.17, 15) is 4.79 Å². The molecule has 1 N–H and O–H groups in total. The van der Waals surface area contributed by atoms with Crippen LogP contribution in [0.4, 0.5) is 11.5 Å². The average Bonchev–Trinajstić information content (AvgIpc) is 3.33. The number of benzene rings is 1. The normalized spacial score (nSPS) is 13.6. The lowest BCUT2D eigenvalue weighted by Crippen LogP contribution is -2.30. The van der Waals surface area contributed by atoms with E-state index in [4.69, 9.17) is 0 Å². The number of hydrogen-bond acceptors (Lipinski definition) is 7. The maximum absolute atomic E-state index is 12.7. The minimum absolute atomic E-state index is 0.119. The van der Waals surface area contributed by atoms with Gasteiger partial charge in [0, 0.05) is 36.7 Å². The Morgan fingerprint density at radius 1 is 0.971 bits per heavy atom. The van der Waals surface area contributed by atoms with Gasteiger partial charge in [0.05, 0.1) is 17.6 Å². The fourth-order valence-electron chi connectivity index (χ4n) is 4.08. The third kappa shape index (κ3) is 5.51. The van der Waals surface area contributed by atoms with E-state index in [1.807, 2.05) is 60.0 Å². The van der Waals surface area contributed by atoms with Gasteiger partial charge in [-0.2, -0.15) is 0 Å². The fraction of sp³-hybridized carbons (Fsp3) is 0.269. The Labute approximate surface area is 208 Å². The summed E-state index contributed by atoms with van der Waals surface area (Å²) in [6.07, 6.45) is 8.87. The summed E-state index contributed by atoms with van der Waals surface area (Å²) in [6, 6.07) is 15.8. The summed E-state index contributed by atoms with van der Waals surface area (Å²) in [5, 5.41) is 12.4. The van der Waals surface area contributed by atoms with Gasteiger partial charge in [0.1, 0.15) is 5.82 Å². The van der Waals surface area contributed by atoms with Crippen molar-refractivity contribution >= 4 is 29.2 Å². The number of aryl methyl sites for hydroxylation is 1. The van der Waals surface area contributed by atoms with Crippen LogP contribution in [0.15, 0.2) is 72.3 Å². The number of anilines is 2. The molecule has 1 fully saturated rings. The Hall–Kier alpha value is -3.72. The van der Waals surface area contributed by atoms with Crippen molar-refractivity contribution in [1.29, 1.82) is 0 Å². The monoisotopic (exact) mass is 485 g/mol. The van der Waals surface area contributed by atoms with Crippen LogP contribution < -0.4 is 10.2 Å². The molecule has 4 aromatic rings. The SMILES string of the molecule is Cc1ccc(-n2c(SCC(=O)Nc3ccc(N4CCCCC4)nc3)nnc2-c2ccncc2)cc1. The molecule has 3 aromatic heterocycles. The van der Waals surface area contributed by atoms with Crippen LogP contribution in [-0.4, -0.2) is 49.5 Å². The van der Waals surface area contributed by atoms with Crippen molar-refractivity contribution in [2.24, 2.45) is 0 Å². The average molecular weight is 486 g/mol. The van der Waals surface area contributed by atoms with Crippen LogP contribution in [0.2, 0.25) is 0 Å². The topological polar surface area (TPSA) is 88.8 Å². The summed E-state index contributed by atoms with van der Waals surface area (Å²) in [4.78, 5) is 23.6. The van der Waals surface area contributed by atoms with Crippen molar-refractivity contribution in [2.45, 2.75) is 31.3 Å². The molecule has 0 bridgehead atoms. The largest absolute Gasteiger partial charge is 0.357 e. The molecular weight excluding hydrogens is 458 g/mol. The zero-order chi connectivity index (χ0) is 24.0. The number of carbonyl (C=O) groups is 1. The number of aromatic nitrogens is 5. The fourth-order valence-corrected chi connectivity index (χ4v) is 4.83. The molecule has 9 heteroatoms. The summed E-state index contributed by atoms with van der Waals surface area (Å²) in [7, 11) is 0. The predicted octanol–water partition coefficient (Wildman–Crippen LogP) is 4.75. The first-order valence-electron chi connectivity index (χ1n) is 11.7. The van der Waals surface area contributed by atoms with Crippen molar-refractivity contribution < 1.29 is 4.79 Å². The molecule has 4 heterocycles. The molecule has 1 aliphatic rings. The van der Waals surface area contributed by atoms with E-state index in [1.54, 1.807) is 18.6 Å². The highest BCUT2D eigenvalue weighted by molar-refractivity contribution is 7.99. The number of hydrogen-bond donors (Lipinski definition) is 1. The maximum Gasteiger partial charge on any atom is 0.234 e. The van der Waals surface area contributed by atoms with Gasteiger partial charge in [-0.15, -0.1) is 10.2 Å². The molecule has 0 spiro atoms. The first kappa shape index (κ1) is 23.0. The number of piperidine rings is 1. The molecule has 1 aromatic carbocycles. The number of nitrogens with zero attached hydrogens (tertiary/aromatic N) is 6. The first-order valence-corrected chi connectivity index (χ1v) is 12.7. The van der Waals surface area contributed by atoms with Crippen LogP contribution in [0, 0.1) is 6.92 Å². The van der Waals surface area contributed by atoms with Gasteiger partial charge < -0.3 is 10.2 Å². The number of amides is 1. The van der Waals surface area contributed by atoms with Crippen molar-refractivity contribution in [3.63, 3.8) is 0 Å². The molecule has 1 amide bonds. The van der Waals surface area contributed by atoms with Crippen LogP contribution in [0.1, 0.15) is 24.8 Å². The second kappa shape index (κ2) is 10.7. The predicted molar refractivity (Wildman–Crippen MR) is 139 cm³/mol. The summed E-state index contributed by atoms with van der Waals surface area (Å²) < 4.78 is 1.97. The lowest BCUT2D eigenvalue weighted by atomic mass is 10.1. The molecule has 0 saturated carbocycles. The summed E-state index contributed by atoms with van der Waals surface area (Å²) in [5.41, 5.74) is 3.70. The van der Waals surface area contributed by atoms with Gasteiger partial charge in [-0.25, -0.2) is 4.98 Å². The minimum atomic E-state index is -0.119. The highest BCUT2D eigenvalue weighted by Crippen LogP contribution is 2.28. The van der Waals surface area contributed by atoms with Crippen LogP contribution in [0.3, 0.4) is 0 Å². The van der Waals surface area contributed by atoms with Gasteiger partial charge in [0.25, 0.3) is 0 Å². The van der Waals surface area contributed by atoms with Gasteiger partial charge in [-0.1, -0.05) is 29.5 Å². The highest BCUT2D eigenvalue weighted by Gasteiger charge is 2.18. The molecule has 0 radical (unpaired) electrons. The molecule has 35 heavy (non-hydrogen) atoms. The van der Waals surface area contributed by atoms with Crippen LogP contribution in [0.25, 0.3) is 17.1 Å². The summed E-state index contributed by atoms with van der Waals surface area (Å²) in [6.45, 7) is 4.13. The minimum Gasteiger partial charge on any atom is -0.357 e. The molecule has 0 aliphatic carbocycles. The third-order valence-corrected chi connectivity index (χ3v) is 6.84. The highest BCUT2D eigenvalue weighted by atomic mass is 32.2. The van der Waals surface area contributed by atoms with Crippen molar-refractivity contribution in [1.82, 2.24) is 24.7 Å². The molecule has 0 atom stereocenters. The molecular formula is C26H27N7OS. The quantitative estimate of drug-likeness (QED) is 0.378. The Bertz CT molecular complexity index is 1270. The number of pyridine rings is 2. The maximum atomic E-state index is 12.7. The lowest BCUT2D eigenvalue weighted by molar-refractivity contribution is -0.113. The number of thioether (sulfide) groups is 1. The molecule has 1 aliphatic heterocycles. The van der Waals surface area contributed by atoms with Gasteiger partial charge in [0.2, 0.25) is 5.91 Å². The van der Waals surface area contributed by atoms with E-state index >= 15 is 0 Å². The van der Waals surface area contributed by atoms with Crippen LogP contribution >= 0.6 is 11.8 Å². The van der Waals surface area contributed by atoms with Crippen molar-refractivity contribution in [2.75, 3.05) is 29.1 Å². The van der Waals surface area contributed by atoms with Crippen molar-refractivity contribution in [3.05, 3.63) is 72.7 Å². The van der Waals surface area contributed by atoms with E-state index in [-0.39, 0.29) is 11.7 Å². The summed E-state index contributed by atoms with van der Waals surface area (Å²) in [5.74, 6) is 1.75. The molecule has 1 saturated heterocycles. The number of rotatable bonds is 7. The van der Waals surface area contributed by atoms with Gasteiger partial charge in [-0.3, -0.25) is 14.3 Å². The van der Waals surface area contributed by atoms with Crippen molar-refractivity contribution in [3.8, 4) is 17.1 Å². The Balaban J connectivity index is 1.29. The Morgan fingerprint density at radius 2 is 1.74 bits per heavy atom. The summed E-state index contributed by atoms with van der Waals surface area (Å²) >= 11 is 1.35. The molecule has 8 nitrogen and oxygen atoms in total. The lowest BCUT2D eigenvalue weighted by Gasteiger charge is -2.27. The third-order valence-electron chi connectivity index (χ3n) is 5.91. The second-order valence-corrected chi connectivity index (χ2v) is 9.45. The van der Waals surface area contributed by atoms with Crippen LogP contribution in [0.5, 0.6) is 0 Å². The zero-order valence-corrected chi connectivity index (χ0v) is 20.4. The Kier molecular flexibility index (Phi) is 7.04. The molecule has 178 valence electrons. The van der Waals surface area contributed by atoms with E-state index in [0.29, 0.717) is 16.7 Å². The first-order chi connectivity index (χ1) is 17.2. The number of carbonyl (C=O) groups excluding carboxylic acids is 1. The van der Waals surface area contributed by atoms with E-state index < -0.39 is 0 Å². The van der Waals surface area contributed by atoms with Gasteiger partial charge in [0.15, 0.2) is 11.0 Å². The standard InChI is InChI=1S/C26H27N7OS/c1-19-5-8-22(9-6-19)33-25(20-11-13-27-14-12-20)30-31-26(33)35-18-24(34)29-21-7-10-23(28-17-21)32-15-3-2-4-16-32/h5-14,17H,2-4,15-16,18H2,1H3,(H,29,34). The van der Waals surface area contributed by atoms with E-state index in [0.717, 1.165) is 30.2 Å². The van der Waals surface area contributed by atoms with Gasteiger partial charge in [-0.05, 0) is 62.6 Å².